The van der Waals surface area contributed by atoms with Crippen LogP contribution in [-0.2, 0) is 0 Å². The molecule has 1 heterocycles. The highest BCUT2D eigenvalue weighted by molar-refractivity contribution is 4.81. The van der Waals surface area contributed by atoms with Crippen molar-refractivity contribution in [2.24, 2.45) is 0 Å². The molecule has 0 saturated carbocycles. The fourth-order valence-corrected chi connectivity index (χ4v) is 2.72. The smallest absolute Gasteiger partial charge is 0.0195 e. The SMILES string of the molecule is CCCC1CCCCN1C(C)CNCC. The highest BCUT2D eigenvalue weighted by atomic mass is 15.2. The van der Waals surface area contributed by atoms with Gasteiger partial charge >= 0.3 is 0 Å². The minimum absolute atomic E-state index is 0.710. The van der Waals surface area contributed by atoms with E-state index in [0.717, 1.165) is 19.1 Å². The van der Waals surface area contributed by atoms with Gasteiger partial charge in [-0.05, 0) is 39.3 Å². The zero-order valence-corrected chi connectivity index (χ0v) is 10.8. The van der Waals surface area contributed by atoms with Crippen LogP contribution in [0.1, 0.15) is 52.9 Å². The average Bonchev–Trinajstić information content (AvgIpc) is 2.27. The molecule has 1 aliphatic heterocycles. The molecule has 1 fully saturated rings. The molecule has 0 amide bonds. The predicted molar refractivity (Wildman–Crippen MR) is 67.3 cm³/mol. The number of rotatable bonds is 6. The summed E-state index contributed by atoms with van der Waals surface area (Å²) in [7, 11) is 0. The van der Waals surface area contributed by atoms with Gasteiger partial charge in [-0.3, -0.25) is 4.90 Å². The van der Waals surface area contributed by atoms with E-state index >= 15 is 0 Å². The summed E-state index contributed by atoms with van der Waals surface area (Å²) in [4.78, 5) is 2.73. The van der Waals surface area contributed by atoms with E-state index in [2.05, 4.69) is 31.0 Å². The summed E-state index contributed by atoms with van der Waals surface area (Å²) < 4.78 is 0. The molecule has 2 unspecified atom stereocenters. The molecule has 0 radical (unpaired) electrons. The van der Waals surface area contributed by atoms with Crippen LogP contribution in [0.3, 0.4) is 0 Å². The zero-order chi connectivity index (χ0) is 11.1. The molecule has 2 heteroatoms. The van der Waals surface area contributed by atoms with E-state index in [9.17, 15) is 0 Å². The lowest BCUT2D eigenvalue weighted by Crippen LogP contribution is -2.48. The highest BCUT2D eigenvalue weighted by Crippen LogP contribution is 2.22. The van der Waals surface area contributed by atoms with E-state index < -0.39 is 0 Å². The minimum atomic E-state index is 0.710. The van der Waals surface area contributed by atoms with Gasteiger partial charge in [0.15, 0.2) is 0 Å². The highest BCUT2D eigenvalue weighted by Gasteiger charge is 2.25. The van der Waals surface area contributed by atoms with Crippen molar-refractivity contribution in [1.29, 1.82) is 0 Å². The van der Waals surface area contributed by atoms with Crippen molar-refractivity contribution in [1.82, 2.24) is 10.2 Å². The molecule has 0 aromatic carbocycles. The van der Waals surface area contributed by atoms with Gasteiger partial charge in [0.2, 0.25) is 0 Å². The Labute approximate surface area is 95.4 Å². The number of piperidine rings is 1. The van der Waals surface area contributed by atoms with Crippen molar-refractivity contribution in [2.75, 3.05) is 19.6 Å². The predicted octanol–water partition coefficient (Wildman–Crippen LogP) is 2.64. The lowest BCUT2D eigenvalue weighted by molar-refractivity contribution is 0.0959. The molecule has 1 aliphatic rings. The third-order valence-corrected chi connectivity index (χ3v) is 3.55. The first kappa shape index (κ1) is 13.0. The van der Waals surface area contributed by atoms with Gasteiger partial charge in [-0.2, -0.15) is 0 Å². The van der Waals surface area contributed by atoms with Gasteiger partial charge in [-0.1, -0.05) is 26.7 Å². The van der Waals surface area contributed by atoms with Crippen molar-refractivity contribution in [3.8, 4) is 0 Å². The molecule has 1 N–H and O–H groups in total. The van der Waals surface area contributed by atoms with E-state index in [-0.39, 0.29) is 0 Å². The molecular formula is C13H28N2. The van der Waals surface area contributed by atoms with Gasteiger partial charge in [0.25, 0.3) is 0 Å². The van der Waals surface area contributed by atoms with E-state index in [4.69, 9.17) is 0 Å². The first-order chi connectivity index (χ1) is 7.29. The third-order valence-electron chi connectivity index (χ3n) is 3.55. The second kappa shape index (κ2) is 7.24. The Morgan fingerprint density at radius 1 is 1.33 bits per heavy atom. The van der Waals surface area contributed by atoms with E-state index in [1.165, 1.54) is 38.6 Å². The molecule has 15 heavy (non-hydrogen) atoms. The quantitative estimate of drug-likeness (QED) is 0.728. The summed E-state index contributed by atoms with van der Waals surface area (Å²) in [6.07, 6.45) is 6.97. The van der Waals surface area contributed by atoms with E-state index in [1.807, 2.05) is 0 Å². The van der Waals surface area contributed by atoms with Crippen molar-refractivity contribution in [3.05, 3.63) is 0 Å². The van der Waals surface area contributed by atoms with E-state index in [0.29, 0.717) is 6.04 Å². The Bertz CT molecular complexity index is 157. The average molecular weight is 212 g/mol. The molecule has 2 nitrogen and oxygen atoms in total. The lowest BCUT2D eigenvalue weighted by Gasteiger charge is -2.40. The van der Waals surface area contributed by atoms with Gasteiger partial charge in [0.1, 0.15) is 0 Å². The molecule has 0 aromatic heterocycles. The van der Waals surface area contributed by atoms with Gasteiger partial charge < -0.3 is 5.32 Å². The number of nitrogens with one attached hydrogen (secondary N) is 1. The van der Waals surface area contributed by atoms with Crippen molar-refractivity contribution >= 4 is 0 Å². The second-order valence-electron chi connectivity index (χ2n) is 4.83. The molecule has 0 aromatic rings. The Kier molecular flexibility index (Phi) is 6.26. The van der Waals surface area contributed by atoms with Gasteiger partial charge in [-0.15, -0.1) is 0 Å². The van der Waals surface area contributed by atoms with Crippen LogP contribution in [0.2, 0.25) is 0 Å². The van der Waals surface area contributed by atoms with Crippen LogP contribution in [0.5, 0.6) is 0 Å². The summed E-state index contributed by atoms with van der Waals surface area (Å²) in [5.41, 5.74) is 0. The summed E-state index contributed by atoms with van der Waals surface area (Å²) in [6.45, 7) is 10.4. The third kappa shape index (κ3) is 4.12. The molecule has 1 rings (SSSR count). The number of nitrogens with zero attached hydrogens (tertiary/aromatic N) is 1. The van der Waals surface area contributed by atoms with Gasteiger partial charge in [0, 0.05) is 18.6 Å². The zero-order valence-electron chi connectivity index (χ0n) is 10.8. The standard InChI is InChI=1S/C13H28N2/c1-4-8-13-9-6-7-10-15(13)12(3)11-14-5-2/h12-14H,4-11H2,1-3H3. The molecule has 0 spiro atoms. The molecule has 90 valence electrons. The Balaban J connectivity index is 2.39. The van der Waals surface area contributed by atoms with Crippen molar-refractivity contribution in [2.45, 2.75) is 65.0 Å². The van der Waals surface area contributed by atoms with Gasteiger partial charge in [-0.25, -0.2) is 0 Å². The Morgan fingerprint density at radius 3 is 2.80 bits per heavy atom. The summed E-state index contributed by atoms with van der Waals surface area (Å²) in [5.74, 6) is 0. The Hall–Kier alpha value is -0.0800. The largest absolute Gasteiger partial charge is 0.315 e. The lowest BCUT2D eigenvalue weighted by atomic mass is 9.96. The van der Waals surface area contributed by atoms with Crippen LogP contribution >= 0.6 is 0 Å². The van der Waals surface area contributed by atoms with Crippen LogP contribution in [0, 0.1) is 0 Å². The number of likely N-dealkylation sites (tertiary alicyclic amines) is 1. The van der Waals surface area contributed by atoms with Crippen LogP contribution in [0.4, 0.5) is 0 Å². The summed E-state index contributed by atoms with van der Waals surface area (Å²) >= 11 is 0. The summed E-state index contributed by atoms with van der Waals surface area (Å²) in [5, 5.41) is 3.47. The van der Waals surface area contributed by atoms with E-state index in [1.54, 1.807) is 0 Å². The molecular weight excluding hydrogens is 184 g/mol. The fraction of sp³-hybridized carbons (Fsp3) is 1.00. The molecule has 2 atom stereocenters. The molecule has 1 saturated heterocycles. The fourth-order valence-electron chi connectivity index (χ4n) is 2.72. The normalized spacial score (nSPS) is 25.4. The number of hydrogen-bond acceptors (Lipinski definition) is 2. The Morgan fingerprint density at radius 2 is 2.13 bits per heavy atom. The second-order valence-corrected chi connectivity index (χ2v) is 4.83. The maximum atomic E-state index is 3.47. The summed E-state index contributed by atoms with van der Waals surface area (Å²) in [6, 6.07) is 1.57. The maximum Gasteiger partial charge on any atom is 0.0195 e. The first-order valence-corrected chi connectivity index (χ1v) is 6.76. The van der Waals surface area contributed by atoms with Crippen molar-refractivity contribution in [3.63, 3.8) is 0 Å². The minimum Gasteiger partial charge on any atom is -0.315 e. The number of likely N-dealkylation sites (N-methyl/N-ethyl adjacent to an activating group) is 1. The molecule has 0 aliphatic carbocycles. The first-order valence-electron chi connectivity index (χ1n) is 6.76. The van der Waals surface area contributed by atoms with Crippen LogP contribution in [0.25, 0.3) is 0 Å². The topological polar surface area (TPSA) is 15.3 Å². The number of hydrogen-bond donors (Lipinski definition) is 1. The maximum absolute atomic E-state index is 3.47. The van der Waals surface area contributed by atoms with Crippen molar-refractivity contribution < 1.29 is 0 Å². The van der Waals surface area contributed by atoms with Gasteiger partial charge in [0.05, 0.1) is 0 Å². The molecule has 0 bridgehead atoms. The van der Waals surface area contributed by atoms with Crippen LogP contribution in [-0.4, -0.2) is 36.6 Å². The van der Waals surface area contributed by atoms with Crippen LogP contribution < -0.4 is 5.32 Å². The van der Waals surface area contributed by atoms with Crippen LogP contribution in [0.15, 0.2) is 0 Å². The monoisotopic (exact) mass is 212 g/mol.